The van der Waals surface area contributed by atoms with Gasteiger partial charge in [-0.3, -0.25) is 4.79 Å². The van der Waals surface area contributed by atoms with Gasteiger partial charge in [-0.05, 0) is 29.9 Å². The second kappa shape index (κ2) is 8.05. The van der Waals surface area contributed by atoms with Crippen LogP contribution in [-0.2, 0) is 17.9 Å². The van der Waals surface area contributed by atoms with Gasteiger partial charge < -0.3 is 10.4 Å². The quantitative estimate of drug-likeness (QED) is 0.811. The van der Waals surface area contributed by atoms with E-state index in [0.29, 0.717) is 18.9 Å². The van der Waals surface area contributed by atoms with Gasteiger partial charge in [0.05, 0.1) is 6.61 Å². The number of hydrogen-bond acceptors (Lipinski definition) is 2. The molecule has 0 radical (unpaired) electrons. The minimum absolute atomic E-state index is 0.0638. The topological polar surface area (TPSA) is 49.3 Å². The average molecular weight is 275 g/mol. The fraction of sp³-hybridized carbons (Fsp3) is 0.588. The maximum atomic E-state index is 12.0. The first-order valence-electron chi connectivity index (χ1n) is 7.73. The molecule has 2 rings (SSSR count). The van der Waals surface area contributed by atoms with E-state index in [-0.39, 0.29) is 12.5 Å². The summed E-state index contributed by atoms with van der Waals surface area (Å²) in [6.45, 7) is 0.644. The molecule has 1 aliphatic carbocycles. The fourth-order valence-corrected chi connectivity index (χ4v) is 2.87. The SMILES string of the molecule is O=C(CC1CCCCCC1)NCc1ccc(CO)cc1. The van der Waals surface area contributed by atoms with Crippen molar-refractivity contribution in [3.05, 3.63) is 35.4 Å². The van der Waals surface area contributed by atoms with Crippen molar-refractivity contribution in [1.82, 2.24) is 5.32 Å². The second-order valence-electron chi connectivity index (χ2n) is 5.81. The Morgan fingerprint density at radius 1 is 1.05 bits per heavy atom. The lowest BCUT2D eigenvalue weighted by Crippen LogP contribution is -2.25. The number of hydrogen-bond donors (Lipinski definition) is 2. The number of aliphatic hydroxyl groups excluding tert-OH is 1. The molecule has 0 aliphatic heterocycles. The summed E-state index contributed by atoms with van der Waals surface area (Å²) in [5.41, 5.74) is 1.98. The van der Waals surface area contributed by atoms with Gasteiger partial charge in [0, 0.05) is 13.0 Å². The minimum Gasteiger partial charge on any atom is -0.392 e. The van der Waals surface area contributed by atoms with E-state index >= 15 is 0 Å². The van der Waals surface area contributed by atoms with E-state index in [9.17, 15) is 4.79 Å². The zero-order valence-corrected chi connectivity index (χ0v) is 12.1. The van der Waals surface area contributed by atoms with Crippen LogP contribution in [0.4, 0.5) is 0 Å². The first kappa shape index (κ1) is 15.0. The first-order chi connectivity index (χ1) is 9.78. The van der Waals surface area contributed by atoms with Crippen molar-refractivity contribution < 1.29 is 9.90 Å². The molecule has 0 unspecified atom stereocenters. The Balaban J connectivity index is 1.73. The molecule has 1 saturated carbocycles. The molecule has 0 saturated heterocycles. The molecule has 1 aromatic carbocycles. The van der Waals surface area contributed by atoms with E-state index in [1.54, 1.807) is 0 Å². The molecule has 20 heavy (non-hydrogen) atoms. The molecular weight excluding hydrogens is 250 g/mol. The maximum Gasteiger partial charge on any atom is 0.220 e. The number of carbonyl (C=O) groups excluding carboxylic acids is 1. The summed E-state index contributed by atoms with van der Waals surface area (Å²) in [7, 11) is 0. The predicted octanol–water partition coefficient (Wildman–Crippen LogP) is 3.16. The number of carbonyl (C=O) groups is 1. The van der Waals surface area contributed by atoms with Crippen molar-refractivity contribution in [1.29, 1.82) is 0 Å². The molecule has 0 aromatic heterocycles. The van der Waals surface area contributed by atoms with E-state index in [2.05, 4.69) is 5.32 Å². The zero-order chi connectivity index (χ0) is 14.2. The highest BCUT2D eigenvalue weighted by molar-refractivity contribution is 5.76. The number of benzene rings is 1. The van der Waals surface area contributed by atoms with Crippen LogP contribution in [0.25, 0.3) is 0 Å². The van der Waals surface area contributed by atoms with Gasteiger partial charge in [-0.1, -0.05) is 49.9 Å². The lowest BCUT2D eigenvalue weighted by molar-refractivity contribution is -0.122. The molecule has 0 heterocycles. The van der Waals surface area contributed by atoms with Crippen LogP contribution in [0, 0.1) is 5.92 Å². The lowest BCUT2D eigenvalue weighted by Gasteiger charge is -2.13. The highest BCUT2D eigenvalue weighted by Gasteiger charge is 2.15. The third-order valence-corrected chi connectivity index (χ3v) is 4.14. The summed E-state index contributed by atoms with van der Waals surface area (Å²) in [5, 5.41) is 12.0. The highest BCUT2D eigenvalue weighted by atomic mass is 16.3. The Morgan fingerprint density at radius 2 is 1.65 bits per heavy atom. The van der Waals surface area contributed by atoms with Crippen molar-refractivity contribution >= 4 is 5.91 Å². The van der Waals surface area contributed by atoms with Gasteiger partial charge in [-0.2, -0.15) is 0 Å². The van der Waals surface area contributed by atoms with Crippen molar-refractivity contribution in [3.63, 3.8) is 0 Å². The van der Waals surface area contributed by atoms with Crippen molar-refractivity contribution in [3.8, 4) is 0 Å². The second-order valence-corrected chi connectivity index (χ2v) is 5.81. The van der Waals surface area contributed by atoms with Crippen LogP contribution in [-0.4, -0.2) is 11.0 Å². The molecule has 1 fully saturated rings. The molecule has 1 aliphatic rings. The van der Waals surface area contributed by atoms with Gasteiger partial charge in [0.25, 0.3) is 0 Å². The Morgan fingerprint density at radius 3 is 2.25 bits per heavy atom. The molecule has 3 nitrogen and oxygen atoms in total. The summed E-state index contributed by atoms with van der Waals surface area (Å²) in [6.07, 6.45) is 8.30. The van der Waals surface area contributed by atoms with Crippen LogP contribution < -0.4 is 5.32 Å². The Bertz CT molecular complexity index is 406. The molecule has 1 aromatic rings. The van der Waals surface area contributed by atoms with E-state index in [4.69, 9.17) is 5.11 Å². The number of amides is 1. The van der Waals surface area contributed by atoms with Crippen molar-refractivity contribution in [2.24, 2.45) is 5.92 Å². The Hall–Kier alpha value is -1.35. The first-order valence-corrected chi connectivity index (χ1v) is 7.73. The highest BCUT2D eigenvalue weighted by Crippen LogP contribution is 2.25. The average Bonchev–Trinajstić information content (AvgIpc) is 2.74. The molecule has 2 N–H and O–H groups in total. The predicted molar refractivity (Wildman–Crippen MR) is 80.0 cm³/mol. The summed E-state index contributed by atoms with van der Waals surface area (Å²) < 4.78 is 0. The van der Waals surface area contributed by atoms with Crippen LogP contribution >= 0.6 is 0 Å². The molecule has 3 heteroatoms. The number of aliphatic hydroxyl groups is 1. The number of nitrogens with one attached hydrogen (secondary N) is 1. The van der Waals surface area contributed by atoms with E-state index in [1.165, 1.54) is 38.5 Å². The maximum absolute atomic E-state index is 12.0. The van der Waals surface area contributed by atoms with Crippen molar-refractivity contribution in [2.45, 2.75) is 58.1 Å². The minimum atomic E-state index is 0.0638. The van der Waals surface area contributed by atoms with Crippen LogP contribution in [0.2, 0.25) is 0 Å². The van der Waals surface area contributed by atoms with Crippen LogP contribution in [0.1, 0.15) is 56.1 Å². The van der Waals surface area contributed by atoms with E-state index in [1.807, 2.05) is 24.3 Å². The monoisotopic (exact) mass is 275 g/mol. The van der Waals surface area contributed by atoms with Gasteiger partial charge in [0.1, 0.15) is 0 Å². The molecule has 1 amide bonds. The van der Waals surface area contributed by atoms with Gasteiger partial charge >= 0.3 is 0 Å². The number of rotatable bonds is 5. The molecular formula is C17H25NO2. The lowest BCUT2D eigenvalue weighted by atomic mass is 9.96. The van der Waals surface area contributed by atoms with Gasteiger partial charge in [0.2, 0.25) is 5.91 Å². The third-order valence-electron chi connectivity index (χ3n) is 4.14. The fourth-order valence-electron chi connectivity index (χ4n) is 2.87. The van der Waals surface area contributed by atoms with Crippen LogP contribution in [0.3, 0.4) is 0 Å². The molecule has 110 valence electrons. The van der Waals surface area contributed by atoms with Crippen LogP contribution in [0.5, 0.6) is 0 Å². The summed E-state index contributed by atoms with van der Waals surface area (Å²) in [5.74, 6) is 0.748. The smallest absolute Gasteiger partial charge is 0.220 e. The Kier molecular flexibility index (Phi) is 6.06. The largest absolute Gasteiger partial charge is 0.392 e. The van der Waals surface area contributed by atoms with E-state index in [0.717, 1.165) is 11.1 Å². The Labute approximate surface area is 121 Å². The van der Waals surface area contributed by atoms with Gasteiger partial charge in [-0.25, -0.2) is 0 Å². The summed E-state index contributed by atoms with van der Waals surface area (Å²) >= 11 is 0. The summed E-state index contributed by atoms with van der Waals surface area (Å²) in [6, 6.07) is 7.70. The van der Waals surface area contributed by atoms with Gasteiger partial charge in [-0.15, -0.1) is 0 Å². The van der Waals surface area contributed by atoms with Crippen LogP contribution in [0.15, 0.2) is 24.3 Å². The molecule has 0 spiro atoms. The molecule has 0 bridgehead atoms. The third kappa shape index (κ3) is 4.97. The van der Waals surface area contributed by atoms with Gasteiger partial charge in [0.15, 0.2) is 0 Å². The molecule has 0 atom stereocenters. The van der Waals surface area contributed by atoms with E-state index < -0.39 is 0 Å². The zero-order valence-electron chi connectivity index (χ0n) is 12.1. The standard InChI is InChI=1S/C17H25NO2/c19-13-16-9-7-15(8-10-16)12-18-17(20)11-14-5-3-1-2-4-6-14/h7-10,14,19H,1-6,11-13H2,(H,18,20). The summed E-state index contributed by atoms with van der Waals surface area (Å²) in [4.78, 5) is 12.0. The normalized spacial score (nSPS) is 16.6. The van der Waals surface area contributed by atoms with Crippen molar-refractivity contribution in [2.75, 3.05) is 0 Å².